The average Bonchev–Trinajstić information content (AvgIpc) is 2.53. The number of nitrogens with zero attached hydrogens (tertiary/aromatic N) is 1. The molecule has 5 nitrogen and oxygen atoms in total. The number of nitrogens with one attached hydrogen (secondary N) is 2. The van der Waals surface area contributed by atoms with Crippen molar-refractivity contribution in [1.82, 2.24) is 9.97 Å². The Bertz CT molecular complexity index is 799. The summed E-state index contributed by atoms with van der Waals surface area (Å²) < 4.78 is 0. The van der Waals surface area contributed by atoms with E-state index in [1.54, 1.807) is 18.2 Å². The third kappa shape index (κ3) is 2.78. The number of aliphatic hydroxyl groups is 1. The van der Waals surface area contributed by atoms with Crippen LogP contribution in [-0.2, 0) is 0 Å². The van der Waals surface area contributed by atoms with Crippen molar-refractivity contribution in [3.8, 4) is 0 Å². The third-order valence-corrected chi connectivity index (χ3v) is 3.31. The highest BCUT2D eigenvalue weighted by Crippen LogP contribution is 2.17. The van der Waals surface area contributed by atoms with E-state index in [9.17, 15) is 9.90 Å². The zero-order valence-electron chi connectivity index (χ0n) is 11.3. The second kappa shape index (κ2) is 5.76. The van der Waals surface area contributed by atoms with Gasteiger partial charge < -0.3 is 10.4 Å². The molecular weight excluding hydrogens is 266 g/mol. The van der Waals surface area contributed by atoms with Crippen molar-refractivity contribution >= 4 is 16.9 Å². The van der Waals surface area contributed by atoms with Gasteiger partial charge in [-0.05, 0) is 17.7 Å². The molecule has 0 aliphatic rings. The standard InChI is InChI=1S/C16H15N3O2/c20-10-14(11-6-2-1-3-7-11)18-16-17-13-9-5-4-8-12(13)15(21)19-16/h1-9,14,20H,10H2,(H2,17,18,19,21). The van der Waals surface area contributed by atoms with Gasteiger partial charge in [0, 0.05) is 0 Å². The lowest BCUT2D eigenvalue weighted by Crippen LogP contribution is -2.19. The summed E-state index contributed by atoms with van der Waals surface area (Å²) >= 11 is 0. The first-order chi connectivity index (χ1) is 10.3. The first kappa shape index (κ1) is 13.3. The molecule has 2 aromatic carbocycles. The van der Waals surface area contributed by atoms with Gasteiger partial charge in [-0.25, -0.2) is 4.98 Å². The molecule has 0 spiro atoms. The number of aromatic nitrogens is 2. The monoisotopic (exact) mass is 281 g/mol. The fraction of sp³-hybridized carbons (Fsp3) is 0.125. The zero-order chi connectivity index (χ0) is 14.7. The van der Waals surface area contributed by atoms with Crippen LogP contribution in [0.3, 0.4) is 0 Å². The van der Waals surface area contributed by atoms with Gasteiger partial charge in [0.2, 0.25) is 5.95 Å². The maximum absolute atomic E-state index is 12.0. The van der Waals surface area contributed by atoms with Crippen LogP contribution in [0.1, 0.15) is 11.6 Å². The number of fused-ring (bicyclic) bond motifs is 1. The molecule has 0 aliphatic heterocycles. The molecular formula is C16H15N3O2. The topological polar surface area (TPSA) is 78.0 Å². The average molecular weight is 281 g/mol. The highest BCUT2D eigenvalue weighted by atomic mass is 16.3. The van der Waals surface area contributed by atoms with Gasteiger partial charge in [0.05, 0.1) is 23.6 Å². The minimum Gasteiger partial charge on any atom is -0.394 e. The summed E-state index contributed by atoms with van der Waals surface area (Å²) in [6.07, 6.45) is 0. The van der Waals surface area contributed by atoms with Crippen LogP contribution in [0.25, 0.3) is 10.9 Å². The molecule has 1 unspecified atom stereocenters. The lowest BCUT2D eigenvalue weighted by molar-refractivity contribution is 0.276. The molecule has 0 amide bonds. The van der Waals surface area contributed by atoms with Gasteiger partial charge in [-0.15, -0.1) is 0 Å². The Balaban J connectivity index is 1.95. The van der Waals surface area contributed by atoms with Crippen molar-refractivity contribution in [3.05, 3.63) is 70.5 Å². The molecule has 1 heterocycles. The van der Waals surface area contributed by atoms with Gasteiger partial charge in [0.1, 0.15) is 0 Å². The summed E-state index contributed by atoms with van der Waals surface area (Å²) in [6, 6.07) is 16.3. The summed E-state index contributed by atoms with van der Waals surface area (Å²) in [4.78, 5) is 19.1. The molecule has 3 rings (SSSR count). The number of hydrogen-bond acceptors (Lipinski definition) is 4. The Hall–Kier alpha value is -2.66. The van der Waals surface area contributed by atoms with Crippen LogP contribution in [0, 0.1) is 0 Å². The molecule has 0 saturated carbocycles. The fourth-order valence-corrected chi connectivity index (χ4v) is 2.24. The minimum absolute atomic E-state index is 0.0967. The van der Waals surface area contributed by atoms with E-state index in [1.165, 1.54) is 0 Å². The normalized spacial score (nSPS) is 12.2. The van der Waals surface area contributed by atoms with E-state index in [1.807, 2.05) is 36.4 Å². The Morgan fingerprint density at radius 3 is 2.57 bits per heavy atom. The molecule has 0 radical (unpaired) electrons. The smallest absolute Gasteiger partial charge is 0.260 e. The number of aliphatic hydroxyl groups excluding tert-OH is 1. The van der Waals surface area contributed by atoms with Crippen LogP contribution < -0.4 is 10.9 Å². The summed E-state index contributed by atoms with van der Waals surface area (Å²) in [5, 5.41) is 13.1. The van der Waals surface area contributed by atoms with Gasteiger partial charge in [-0.2, -0.15) is 0 Å². The number of H-pyrrole nitrogens is 1. The fourth-order valence-electron chi connectivity index (χ4n) is 2.24. The van der Waals surface area contributed by atoms with Crippen LogP contribution in [-0.4, -0.2) is 21.7 Å². The van der Waals surface area contributed by atoms with E-state index in [0.29, 0.717) is 16.9 Å². The van der Waals surface area contributed by atoms with E-state index >= 15 is 0 Å². The van der Waals surface area contributed by atoms with Crippen LogP contribution >= 0.6 is 0 Å². The van der Waals surface area contributed by atoms with Gasteiger partial charge >= 0.3 is 0 Å². The van der Waals surface area contributed by atoms with E-state index in [0.717, 1.165) is 5.56 Å². The number of anilines is 1. The van der Waals surface area contributed by atoms with Gasteiger partial charge in [-0.3, -0.25) is 9.78 Å². The zero-order valence-corrected chi connectivity index (χ0v) is 11.3. The first-order valence-electron chi connectivity index (χ1n) is 6.69. The second-order valence-corrected chi connectivity index (χ2v) is 4.72. The van der Waals surface area contributed by atoms with Crippen molar-refractivity contribution in [2.24, 2.45) is 0 Å². The molecule has 0 bridgehead atoms. The van der Waals surface area contributed by atoms with Gasteiger partial charge in [-0.1, -0.05) is 42.5 Å². The summed E-state index contributed by atoms with van der Waals surface area (Å²) in [7, 11) is 0. The predicted molar refractivity (Wildman–Crippen MR) is 82.3 cm³/mol. The minimum atomic E-state index is -0.324. The molecule has 21 heavy (non-hydrogen) atoms. The van der Waals surface area contributed by atoms with Crippen molar-refractivity contribution in [2.75, 3.05) is 11.9 Å². The first-order valence-corrected chi connectivity index (χ1v) is 6.69. The van der Waals surface area contributed by atoms with E-state index in [2.05, 4.69) is 15.3 Å². The number of para-hydroxylation sites is 1. The SMILES string of the molecule is O=c1[nH]c(NC(CO)c2ccccc2)nc2ccccc12. The molecule has 0 saturated heterocycles. The van der Waals surface area contributed by atoms with Crippen molar-refractivity contribution in [1.29, 1.82) is 0 Å². The second-order valence-electron chi connectivity index (χ2n) is 4.72. The van der Waals surface area contributed by atoms with Crippen LogP contribution in [0.2, 0.25) is 0 Å². The lowest BCUT2D eigenvalue weighted by atomic mass is 10.1. The highest BCUT2D eigenvalue weighted by Gasteiger charge is 2.11. The highest BCUT2D eigenvalue weighted by molar-refractivity contribution is 5.78. The maximum atomic E-state index is 12.0. The van der Waals surface area contributed by atoms with Crippen LogP contribution in [0.5, 0.6) is 0 Å². The number of hydrogen-bond donors (Lipinski definition) is 3. The number of benzene rings is 2. The predicted octanol–water partition coefficient (Wildman–Crippen LogP) is 2.07. The summed E-state index contributed by atoms with van der Waals surface area (Å²) in [6.45, 7) is -0.0967. The van der Waals surface area contributed by atoms with Crippen LogP contribution in [0.15, 0.2) is 59.4 Å². The van der Waals surface area contributed by atoms with Crippen molar-refractivity contribution in [3.63, 3.8) is 0 Å². The molecule has 1 atom stereocenters. The van der Waals surface area contributed by atoms with Gasteiger partial charge in [0.25, 0.3) is 5.56 Å². The Labute approximate surface area is 121 Å². The lowest BCUT2D eigenvalue weighted by Gasteiger charge is -2.17. The van der Waals surface area contributed by atoms with E-state index < -0.39 is 0 Å². The summed E-state index contributed by atoms with van der Waals surface area (Å²) in [5.74, 6) is 0.349. The summed E-state index contributed by atoms with van der Waals surface area (Å²) in [5.41, 5.74) is 1.34. The molecule has 3 N–H and O–H groups in total. The number of aromatic amines is 1. The van der Waals surface area contributed by atoms with E-state index in [4.69, 9.17) is 0 Å². The quantitative estimate of drug-likeness (QED) is 0.684. The maximum Gasteiger partial charge on any atom is 0.260 e. The molecule has 3 aromatic rings. The number of rotatable bonds is 4. The van der Waals surface area contributed by atoms with Gasteiger partial charge in [0.15, 0.2) is 0 Å². The molecule has 0 fully saturated rings. The molecule has 106 valence electrons. The largest absolute Gasteiger partial charge is 0.394 e. The molecule has 5 heteroatoms. The van der Waals surface area contributed by atoms with Crippen molar-refractivity contribution < 1.29 is 5.11 Å². The van der Waals surface area contributed by atoms with Crippen LogP contribution in [0.4, 0.5) is 5.95 Å². The molecule has 1 aromatic heterocycles. The Kier molecular flexibility index (Phi) is 3.66. The third-order valence-electron chi connectivity index (χ3n) is 3.31. The molecule has 0 aliphatic carbocycles. The Morgan fingerprint density at radius 2 is 1.81 bits per heavy atom. The van der Waals surface area contributed by atoms with E-state index in [-0.39, 0.29) is 18.2 Å². The Morgan fingerprint density at radius 1 is 1.10 bits per heavy atom. The van der Waals surface area contributed by atoms with Crippen molar-refractivity contribution in [2.45, 2.75) is 6.04 Å².